The third-order valence-corrected chi connectivity index (χ3v) is 3.23. The number of piperidine rings is 1. The van der Waals surface area contributed by atoms with E-state index in [1.54, 1.807) is 0 Å². The molecule has 1 fully saturated rings. The number of anilines is 1. The molecule has 1 aromatic carbocycles. The number of rotatable bonds is 2. The minimum Gasteiger partial charge on any atom is -0.382 e. The predicted molar refractivity (Wildman–Crippen MR) is 65.5 cm³/mol. The third-order valence-electron chi connectivity index (χ3n) is 2.98. The fourth-order valence-corrected chi connectivity index (χ4v) is 2.11. The lowest BCUT2D eigenvalue weighted by atomic mass is 9.95. The Bertz CT molecular complexity index is 310. The number of hydrogen-bond donors (Lipinski definition) is 2. The molecule has 1 saturated heterocycles. The minimum absolute atomic E-state index is 0.576. The Morgan fingerprint density at radius 2 is 2.07 bits per heavy atom. The second-order valence-corrected chi connectivity index (χ2v) is 4.66. The topological polar surface area (TPSA) is 24.1 Å². The Hall–Kier alpha value is -0.730. The Morgan fingerprint density at radius 3 is 2.73 bits per heavy atom. The molecule has 0 aliphatic carbocycles. The van der Waals surface area contributed by atoms with Crippen LogP contribution in [-0.2, 0) is 0 Å². The summed E-state index contributed by atoms with van der Waals surface area (Å²) in [6, 6.07) is 8.51. The van der Waals surface area contributed by atoms with Crippen LogP contribution in [0.3, 0.4) is 0 Å². The van der Waals surface area contributed by atoms with Crippen LogP contribution in [0.4, 0.5) is 5.69 Å². The fourth-order valence-electron chi connectivity index (χ4n) is 1.99. The van der Waals surface area contributed by atoms with Crippen LogP contribution in [0.25, 0.3) is 0 Å². The highest BCUT2D eigenvalue weighted by atomic mass is 35.5. The molecule has 1 aliphatic rings. The average Bonchev–Trinajstić information content (AvgIpc) is 2.25. The SMILES string of the molecule is CC1CNCCC1Nc1ccc(Cl)cc1. The van der Waals surface area contributed by atoms with E-state index in [1.807, 2.05) is 24.3 Å². The molecule has 2 atom stereocenters. The average molecular weight is 225 g/mol. The molecule has 0 bridgehead atoms. The van der Waals surface area contributed by atoms with E-state index < -0.39 is 0 Å². The highest BCUT2D eigenvalue weighted by Gasteiger charge is 2.20. The van der Waals surface area contributed by atoms with Gasteiger partial charge in [-0.25, -0.2) is 0 Å². The fraction of sp³-hybridized carbons (Fsp3) is 0.500. The molecule has 1 heterocycles. The van der Waals surface area contributed by atoms with Crippen molar-refractivity contribution in [2.24, 2.45) is 5.92 Å². The smallest absolute Gasteiger partial charge is 0.0407 e. The molecular formula is C12H17ClN2. The molecule has 0 radical (unpaired) electrons. The summed E-state index contributed by atoms with van der Waals surface area (Å²) in [5, 5.41) is 7.75. The van der Waals surface area contributed by atoms with Crippen molar-refractivity contribution in [1.82, 2.24) is 5.32 Å². The van der Waals surface area contributed by atoms with E-state index in [-0.39, 0.29) is 0 Å². The highest BCUT2D eigenvalue weighted by Crippen LogP contribution is 2.19. The van der Waals surface area contributed by atoms with Crippen molar-refractivity contribution in [3.8, 4) is 0 Å². The van der Waals surface area contributed by atoms with Crippen LogP contribution in [0.1, 0.15) is 13.3 Å². The molecule has 82 valence electrons. The molecule has 15 heavy (non-hydrogen) atoms. The quantitative estimate of drug-likeness (QED) is 0.807. The number of hydrogen-bond acceptors (Lipinski definition) is 2. The normalized spacial score (nSPS) is 26.3. The van der Waals surface area contributed by atoms with Crippen LogP contribution >= 0.6 is 11.6 Å². The second kappa shape index (κ2) is 4.86. The van der Waals surface area contributed by atoms with Gasteiger partial charge in [0, 0.05) is 16.8 Å². The maximum Gasteiger partial charge on any atom is 0.0407 e. The van der Waals surface area contributed by atoms with E-state index in [0.29, 0.717) is 12.0 Å². The van der Waals surface area contributed by atoms with Gasteiger partial charge >= 0.3 is 0 Å². The predicted octanol–water partition coefficient (Wildman–Crippen LogP) is 2.75. The lowest BCUT2D eigenvalue weighted by molar-refractivity contribution is 0.368. The van der Waals surface area contributed by atoms with Gasteiger partial charge in [0.15, 0.2) is 0 Å². The Kier molecular flexibility index (Phi) is 3.49. The van der Waals surface area contributed by atoms with Crippen LogP contribution in [0, 0.1) is 5.92 Å². The Balaban J connectivity index is 1.98. The van der Waals surface area contributed by atoms with Crippen LogP contribution in [0.15, 0.2) is 24.3 Å². The van der Waals surface area contributed by atoms with Gasteiger partial charge in [0.25, 0.3) is 0 Å². The lowest BCUT2D eigenvalue weighted by Gasteiger charge is -2.31. The monoisotopic (exact) mass is 224 g/mol. The van der Waals surface area contributed by atoms with Crippen molar-refractivity contribution >= 4 is 17.3 Å². The summed E-state index contributed by atoms with van der Waals surface area (Å²) in [5.41, 5.74) is 1.16. The van der Waals surface area contributed by atoms with Crippen molar-refractivity contribution in [2.45, 2.75) is 19.4 Å². The van der Waals surface area contributed by atoms with Crippen LogP contribution in [0.2, 0.25) is 5.02 Å². The molecule has 1 aliphatic heterocycles. The summed E-state index contributed by atoms with van der Waals surface area (Å²) in [5.74, 6) is 0.675. The molecular weight excluding hydrogens is 208 g/mol. The van der Waals surface area contributed by atoms with Gasteiger partial charge in [0.05, 0.1) is 0 Å². The molecule has 2 N–H and O–H groups in total. The number of nitrogens with one attached hydrogen (secondary N) is 2. The van der Waals surface area contributed by atoms with E-state index in [4.69, 9.17) is 11.6 Å². The molecule has 2 unspecified atom stereocenters. The van der Waals surface area contributed by atoms with E-state index >= 15 is 0 Å². The van der Waals surface area contributed by atoms with Gasteiger partial charge in [-0.05, 0) is 49.7 Å². The van der Waals surface area contributed by atoms with Gasteiger partial charge < -0.3 is 10.6 Å². The van der Waals surface area contributed by atoms with Gasteiger partial charge in [-0.1, -0.05) is 18.5 Å². The first-order chi connectivity index (χ1) is 7.25. The van der Waals surface area contributed by atoms with Crippen molar-refractivity contribution in [3.63, 3.8) is 0 Å². The maximum absolute atomic E-state index is 5.85. The van der Waals surface area contributed by atoms with Gasteiger partial charge in [0.2, 0.25) is 0 Å². The van der Waals surface area contributed by atoms with Crippen LogP contribution in [0.5, 0.6) is 0 Å². The largest absolute Gasteiger partial charge is 0.382 e. The highest BCUT2D eigenvalue weighted by molar-refractivity contribution is 6.30. The summed E-state index contributed by atoms with van der Waals surface area (Å²) < 4.78 is 0. The molecule has 3 heteroatoms. The zero-order chi connectivity index (χ0) is 10.7. The molecule has 2 rings (SSSR count). The van der Waals surface area contributed by atoms with E-state index in [1.165, 1.54) is 6.42 Å². The Morgan fingerprint density at radius 1 is 1.33 bits per heavy atom. The molecule has 2 nitrogen and oxygen atoms in total. The van der Waals surface area contributed by atoms with Crippen LogP contribution in [-0.4, -0.2) is 19.1 Å². The Labute approximate surface area is 96.0 Å². The summed E-state index contributed by atoms with van der Waals surface area (Å²) in [7, 11) is 0. The molecule has 0 saturated carbocycles. The summed E-state index contributed by atoms with van der Waals surface area (Å²) in [4.78, 5) is 0. The van der Waals surface area contributed by atoms with E-state index in [2.05, 4.69) is 17.6 Å². The second-order valence-electron chi connectivity index (χ2n) is 4.23. The zero-order valence-corrected chi connectivity index (χ0v) is 9.72. The first-order valence-corrected chi connectivity index (χ1v) is 5.86. The zero-order valence-electron chi connectivity index (χ0n) is 8.96. The van der Waals surface area contributed by atoms with Crippen LogP contribution < -0.4 is 10.6 Å². The first-order valence-electron chi connectivity index (χ1n) is 5.48. The third kappa shape index (κ3) is 2.86. The van der Waals surface area contributed by atoms with Crippen molar-refractivity contribution in [1.29, 1.82) is 0 Å². The minimum atomic E-state index is 0.576. The van der Waals surface area contributed by atoms with Gasteiger partial charge in [0.1, 0.15) is 0 Å². The lowest BCUT2D eigenvalue weighted by Crippen LogP contribution is -2.42. The maximum atomic E-state index is 5.85. The molecule has 0 spiro atoms. The van der Waals surface area contributed by atoms with Crippen molar-refractivity contribution < 1.29 is 0 Å². The van der Waals surface area contributed by atoms with Gasteiger partial charge in [-0.3, -0.25) is 0 Å². The van der Waals surface area contributed by atoms with Gasteiger partial charge in [-0.15, -0.1) is 0 Å². The standard InChI is InChI=1S/C12H17ClN2/c1-9-8-14-7-6-12(9)15-11-4-2-10(13)3-5-11/h2-5,9,12,14-15H,6-8H2,1H3. The number of benzene rings is 1. The van der Waals surface area contributed by atoms with Crippen molar-refractivity contribution in [2.75, 3.05) is 18.4 Å². The summed E-state index contributed by atoms with van der Waals surface area (Å²) >= 11 is 5.85. The molecule has 0 amide bonds. The van der Waals surface area contributed by atoms with Crippen molar-refractivity contribution in [3.05, 3.63) is 29.3 Å². The molecule has 0 aromatic heterocycles. The number of halogens is 1. The van der Waals surface area contributed by atoms with E-state index in [9.17, 15) is 0 Å². The summed E-state index contributed by atoms with van der Waals surface area (Å²) in [6.45, 7) is 4.49. The molecule has 1 aromatic rings. The van der Waals surface area contributed by atoms with Gasteiger partial charge in [-0.2, -0.15) is 0 Å². The summed E-state index contributed by atoms with van der Waals surface area (Å²) in [6.07, 6.45) is 1.18. The van der Waals surface area contributed by atoms with E-state index in [0.717, 1.165) is 23.8 Å². The first kappa shape index (κ1) is 10.8.